The van der Waals surface area contributed by atoms with Gasteiger partial charge < -0.3 is 9.88 Å². The van der Waals surface area contributed by atoms with Crippen LogP contribution < -0.4 is 5.32 Å². The highest BCUT2D eigenvalue weighted by atomic mass is 19.1. The molecule has 182 valence electrons. The van der Waals surface area contributed by atoms with E-state index >= 15 is 0 Å². The second-order valence-electron chi connectivity index (χ2n) is 8.92. The van der Waals surface area contributed by atoms with Gasteiger partial charge in [-0.1, -0.05) is 30.3 Å². The van der Waals surface area contributed by atoms with Crippen LogP contribution in [0.1, 0.15) is 41.9 Å². The van der Waals surface area contributed by atoms with Gasteiger partial charge in [0.15, 0.2) is 5.82 Å². The Morgan fingerprint density at radius 3 is 2.37 bits per heavy atom. The summed E-state index contributed by atoms with van der Waals surface area (Å²) in [5.74, 6) is 0.143. The first-order valence-electron chi connectivity index (χ1n) is 12.0. The van der Waals surface area contributed by atoms with Crippen LogP contribution in [-0.4, -0.2) is 44.3 Å². The summed E-state index contributed by atoms with van der Waals surface area (Å²) in [7, 11) is 0. The monoisotopic (exact) mass is 473 g/mol. The van der Waals surface area contributed by atoms with Crippen molar-refractivity contribution in [3.63, 3.8) is 0 Å². The summed E-state index contributed by atoms with van der Waals surface area (Å²) in [5.41, 5.74) is 3.09. The lowest BCUT2D eigenvalue weighted by Crippen LogP contribution is -2.34. The fourth-order valence-electron chi connectivity index (χ4n) is 4.17. The van der Waals surface area contributed by atoms with E-state index in [-0.39, 0.29) is 11.7 Å². The number of carbonyl (C=O) groups is 1. The second-order valence-corrected chi connectivity index (χ2v) is 8.92. The maximum Gasteiger partial charge on any atom is 0.256 e. The summed E-state index contributed by atoms with van der Waals surface area (Å²) >= 11 is 0. The van der Waals surface area contributed by atoms with Crippen LogP contribution in [-0.2, 0) is 6.54 Å². The SMILES string of the molecule is Cc1nn(-c2ccc(F)cc2)c(-n2cccc2)c1C(=O)NCCCN(Cc1ccccc1)C(C)C. The van der Waals surface area contributed by atoms with E-state index in [4.69, 9.17) is 0 Å². The third-order valence-electron chi connectivity index (χ3n) is 6.05. The topological polar surface area (TPSA) is 55.1 Å². The molecule has 0 saturated heterocycles. The Kier molecular flexibility index (Phi) is 7.77. The highest BCUT2D eigenvalue weighted by Gasteiger charge is 2.23. The van der Waals surface area contributed by atoms with Gasteiger partial charge in [0, 0.05) is 38.1 Å². The first-order valence-corrected chi connectivity index (χ1v) is 12.0. The molecule has 1 N–H and O–H groups in total. The second kappa shape index (κ2) is 11.1. The lowest BCUT2D eigenvalue weighted by molar-refractivity contribution is 0.0950. The Morgan fingerprint density at radius 1 is 1.03 bits per heavy atom. The number of amides is 1. The van der Waals surface area contributed by atoms with E-state index in [9.17, 15) is 9.18 Å². The van der Waals surface area contributed by atoms with Crippen LogP contribution in [0.2, 0.25) is 0 Å². The number of nitrogens with one attached hydrogen (secondary N) is 1. The molecule has 0 radical (unpaired) electrons. The van der Waals surface area contributed by atoms with Gasteiger partial charge in [0.1, 0.15) is 11.4 Å². The predicted molar refractivity (Wildman–Crippen MR) is 137 cm³/mol. The molecule has 0 atom stereocenters. The van der Waals surface area contributed by atoms with Gasteiger partial charge in [-0.15, -0.1) is 0 Å². The molecule has 2 aromatic carbocycles. The van der Waals surface area contributed by atoms with Crippen LogP contribution >= 0.6 is 0 Å². The third kappa shape index (κ3) is 5.87. The summed E-state index contributed by atoms with van der Waals surface area (Å²) in [6, 6.07) is 20.7. The van der Waals surface area contributed by atoms with E-state index in [1.54, 1.807) is 16.8 Å². The number of carbonyl (C=O) groups excluding carboxylic acids is 1. The summed E-state index contributed by atoms with van der Waals surface area (Å²) in [4.78, 5) is 15.7. The number of aromatic nitrogens is 3. The zero-order valence-electron chi connectivity index (χ0n) is 20.5. The van der Waals surface area contributed by atoms with E-state index in [1.165, 1.54) is 17.7 Å². The van der Waals surface area contributed by atoms with Crippen molar-refractivity contribution in [2.45, 2.75) is 39.8 Å². The minimum Gasteiger partial charge on any atom is -0.352 e. The van der Waals surface area contributed by atoms with E-state index in [0.29, 0.717) is 35.3 Å². The van der Waals surface area contributed by atoms with Crippen LogP contribution in [0.3, 0.4) is 0 Å². The van der Waals surface area contributed by atoms with Gasteiger partial charge in [-0.2, -0.15) is 5.10 Å². The molecule has 35 heavy (non-hydrogen) atoms. The third-order valence-corrected chi connectivity index (χ3v) is 6.05. The molecule has 4 aromatic rings. The molecule has 4 rings (SSSR count). The van der Waals surface area contributed by atoms with Crippen molar-refractivity contribution in [3.05, 3.63) is 102 Å². The number of benzene rings is 2. The highest BCUT2D eigenvalue weighted by Crippen LogP contribution is 2.23. The van der Waals surface area contributed by atoms with Gasteiger partial charge in [0.25, 0.3) is 5.91 Å². The summed E-state index contributed by atoms with van der Waals surface area (Å²) in [6.45, 7) is 8.53. The van der Waals surface area contributed by atoms with Crippen molar-refractivity contribution in [2.75, 3.05) is 13.1 Å². The zero-order chi connectivity index (χ0) is 24.8. The normalized spacial score (nSPS) is 11.4. The van der Waals surface area contributed by atoms with Gasteiger partial charge in [0.05, 0.1) is 11.4 Å². The van der Waals surface area contributed by atoms with E-state index in [1.807, 2.05) is 42.1 Å². The Labute approximate surface area is 206 Å². The van der Waals surface area contributed by atoms with Crippen LogP contribution in [0.15, 0.2) is 79.1 Å². The molecule has 0 bridgehead atoms. The van der Waals surface area contributed by atoms with Gasteiger partial charge in [0.2, 0.25) is 0 Å². The number of hydrogen-bond acceptors (Lipinski definition) is 3. The van der Waals surface area contributed by atoms with E-state index in [0.717, 1.165) is 19.5 Å². The molecule has 0 aliphatic heterocycles. The van der Waals surface area contributed by atoms with E-state index in [2.05, 4.69) is 53.4 Å². The number of aryl methyl sites for hydroxylation is 1. The highest BCUT2D eigenvalue weighted by molar-refractivity contribution is 5.98. The van der Waals surface area contributed by atoms with Crippen molar-refractivity contribution in [1.82, 2.24) is 24.6 Å². The van der Waals surface area contributed by atoms with Crippen molar-refractivity contribution in [3.8, 4) is 11.5 Å². The molecule has 6 nitrogen and oxygen atoms in total. The Hall–Kier alpha value is -3.71. The molecule has 0 aliphatic carbocycles. The Balaban J connectivity index is 1.47. The van der Waals surface area contributed by atoms with Crippen molar-refractivity contribution in [1.29, 1.82) is 0 Å². The lowest BCUT2D eigenvalue weighted by atomic mass is 10.2. The first kappa shape index (κ1) is 24.4. The maximum atomic E-state index is 13.5. The van der Waals surface area contributed by atoms with Crippen LogP contribution in [0, 0.1) is 12.7 Å². The standard InChI is InChI=1S/C28H32FN5O/c1-21(2)33(20-23-10-5-4-6-11-23)19-9-16-30-27(35)26-22(3)31-34(25-14-12-24(29)13-15-25)28(26)32-17-7-8-18-32/h4-8,10-15,17-18,21H,9,16,19-20H2,1-3H3,(H,30,35). The van der Waals surface area contributed by atoms with E-state index < -0.39 is 0 Å². The molecular weight excluding hydrogens is 441 g/mol. The number of halogens is 1. The summed E-state index contributed by atoms with van der Waals surface area (Å²) in [6.07, 6.45) is 4.58. The minimum atomic E-state index is -0.319. The average molecular weight is 474 g/mol. The molecule has 0 unspecified atom stereocenters. The number of nitrogens with zero attached hydrogens (tertiary/aromatic N) is 4. The Morgan fingerprint density at radius 2 is 1.71 bits per heavy atom. The Bertz CT molecular complexity index is 1230. The van der Waals surface area contributed by atoms with Gasteiger partial charge in [-0.05, 0) is 69.2 Å². The van der Waals surface area contributed by atoms with Crippen LogP contribution in [0.4, 0.5) is 4.39 Å². The minimum absolute atomic E-state index is 0.168. The summed E-state index contributed by atoms with van der Waals surface area (Å²) < 4.78 is 17.0. The number of rotatable bonds is 10. The lowest BCUT2D eigenvalue weighted by Gasteiger charge is -2.26. The molecule has 7 heteroatoms. The van der Waals surface area contributed by atoms with Gasteiger partial charge in [-0.3, -0.25) is 9.69 Å². The van der Waals surface area contributed by atoms with Crippen LogP contribution in [0.5, 0.6) is 0 Å². The number of hydrogen-bond donors (Lipinski definition) is 1. The van der Waals surface area contributed by atoms with Gasteiger partial charge >= 0.3 is 0 Å². The van der Waals surface area contributed by atoms with Gasteiger partial charge in [-0.25, -0.2) is 9.07 Å². The van der Waals surface area contributed by atoms with Crippen LogP contribution in [0.25, 0.3) is 11.5 Å². The molecule has 0 aliphatic rings. The first-order chi connectivity index (χ1) is 16.9. The molecule has 2 aromatic heterocycles. The summed E-state index contributed by atoms with van der Waals surface area (Å²) in [5, 5.41) is 7.70. The molecule has 1 amide bonds. The average Bonchev–Trinajstić information content (AvgIpc) is 3.49. The fraction of sp³-hybridized carbons (Fsp3) is 0.286. The molecule has 0 fully saturated rings. The molecule has 0 saturated carbocycles. The van der Waals surface area contributed by atoms with Crippen molar-refractivity contribution >= 4 is 5.91 Å². The zero-order valence-corrected chi connectivity index (χ0v) is 20.5. The predicted octanol–water partition coefficient (Wildman–Crippen LogP) is 5.14. The maximum absolute atomic E-state index is 13.5. The molecular formula is C28H32FN5O. The van der Waals surface area contributed by atoms with Crippen molar-refractivity contribution in [2.24, 2.45) is 0 Å². The van der Waals surface area contributed by atoms with Crippen molar-refractivity contribution < 1.29 is 9.18 Å². The fourth-order valence-corrected chi connectivity index (χ4v) is 4.17. The largest absolute Gasteiger partial charge is 0.352 e. The quantitative estimate of drug-likeness (QED) is 0.325. The molecule has 2 heterocycles. The molecule has 0 spiro atoms. The smallest absolute Gasteiger partial charge is 0.256 e.